The molecule has 0 saturated carbocycles. The molecule has 8 heavy (non-hydrogen) atoms. The molecule has 0 rings (SSSR count). The van der Waals surface area contributed by atoms with E-state index in [-0.39, 0.29) is 28.5 Å². The Labute approximate surface area is 63.1 Å². The van der Waals surface area contributed by atoms with Crippen molar-refractivity contribution >= 4 is 37.8 Å². The summed E-state index contributed by atoms with van der Waals surface area (Å²) in [5, 5.41) is 16.5. The minimum absolute atomic E-state index is 0. The first-order valence-electron chi connectivity index (χ1n) is 0.943. The second kappa shape index (κ2) is 61.2. The van der Waals surface area contributed by atoms with Crippen LogP contribution in [0, 0.1) is 0 Å². The molecule has 0 heterocycles. The molecule has 0 aromatic heterocycles. The third-order valence-corrected chi connectivity index (χ3v) is 0. The van der Waals surface area contributed by atoms with Crippen LogP contribution >= 0.6 is 0 Å². The fourth-order valence-corrected chi connectivity index (χ4v) is 0. The topological polar surface area (TPSA) is 112 Å². The number of hydrogen-bond donors (Lipinski definition) is 0. The zero-order chi connectivity index (χ0) is 5.41. The summed E-state index contributed by atoms with van der Waals surface area (Å²) in [6.07, 6.45) is 0. The summed E-state index contributed by atoms with van der Waals surface area (Å²) in [6.45, 7) is 0. The minimum Gasteiger partial charge on any atom is 2.00 e. The second-order valence-electron chi connectivity index (χ2n) is 0.192. The van der Waals surface area contributed by atoms with Crippen LogP contribution in [0.1, 0.15) is 0 Å². The van der Waals surface area contributed by atoms with Gasteiger partial charge in [0, 0.05) is 0 Å². The predicted octanol–water partition coefficient (Wildman–Crippen LogP) is -4.58. The first kappa shape index (κ1) is 24.4. The molecule has 8 heteroatoms. The van der Waals surface area contributed by atoms with Gasteiger partial charge in [0.1, 0.15) is 0 Å². The Balaban J connectivity index is -0.0000000160. The maximum absolute atomic E-state index is 8.25. The molecule has 0 fully saturated rings. The summed E-state index contributed by atoms with van der Waals surface area (Å²) in [7, 11) is -1.00. The zero-order valence-corrected chi connectivity index (χ0v) is 5.41. The fourth-order valence-electron chi connectivity index (χ4n) is 0. The van der Waals surface area contributed by atoms with E-state index in [1.807, 2.05) is 0 Å². The van der Waals surface area contributed by atoms with Gasteiger partial charge in [-0.25, -0.2) is 0 Å². The first-order valence-corrected chi connectivity index (χ1v) is 0.943. The Bertz CT molecular complexity index is 31.4. The maximum atomic E-state index is 8.25. The molecule has 0 unspecified atom stereocenters. The molecule has 0 atom stereocenters. The Morgan fingerprint density at radius 1 is 1.00 bits per heavy atom. The largest absolute Gasteiger partial charge is 2.00 e. The van der Waals surface area contributed by atoms with E-state index in [0.717, 1.165) is 0 Å². The van der Waals surface area contributed by atoms with Gasteiger partial charge in [-0.3, -0.25) is 0 Å². The van der Waals surface area contributed by atoms with E-state index >= 15 is 0 Å². The van der Waals surface area contributed by atoms with Crippen molar-refractivity contribution in [1.82, 2.24) is 0 Å². The van der Waals surface area contributed by atoms with Gasteiger partial charge in [-0.1, -0.05) is 0 Å². The van der Waals surface area contributed by atoms with Crippen molar-refractivity contribution in [3.05, 3.63) is 0 Å². The monoisotopic (exact) mass is 128 g/mol. The SMILES string of the molecule is O.O=B[O-].O=B[O-].[Mg+2]. The summed E-state index contributed by atoms with van der Waals surface area (Å²) in [4.78, 5) is 0. The molecular weight excluding hydrogens is 126 g/mol. The molecule has 0 aromatic carbocycles. The molecule has 0 bridgehead atoms. The average Bonchev–Trinajstić information content (AvgIpc) is 1.39. The van der Waals surface area contributed by atoms with Crippen LogP contribution in [0.2, 0.25) is 0 Å². The van der Waals surface area contributed by atoms with Crippen molar-refractivity contribution in [3.8, 4) is 0 Å². The van der Waals surface area contributed by atoms with E-state index in [2.05, 4.69) is 0 Å². The van der Waals surface area contributed by atoms with Crippen molar-refractivity contribution in [1.29, 1.82) is 0 Å². The molecule has 0 aliphatic carbocycles. The molecule has 0 saturated heterocycles. The Kier molecular flexibility index (Phi) is 187. The van der Waals surface area contributed by atoms with Crippen LogP contribution in [-0.2, 0) is 9.41 Å². The predicted molar refractivity (Wildman–Crippen MR) is 22.2 cm³/mol. The minimum atomic E-state index is -0.500. The third kappa shape index (κ3) is 49200. The molecule has 5 nitrogen and oxygen atoms in total. The maximum Gasteiger partial charge on any atom is 2.00 e. The Hall–Kier alpha value is 0.0561. The van der Waals surface area contributed by atoms with Gasteiger partial charge in [-0.2, -0.15) is 0 Å². The van der Waals surface area contributed by atoms with Gasteiger partial charge in [0.15, 0.2) is 0 Å². The van der Waals surface area contributed by atoms with Gasteiger partial charge in [0.2, 0.25) is 0 Å². The van der Waals surface area contributed by atoms with Gasteiger partial charge >= 0.3 is 57.2 Å². The number of rotatable bonds is 0. The van der Waals surface area contributed by atoms with E-state index in [9.17, 15) is 0 Å². The first-order chi connectivity index (χ1) is 2.83. The van der Waals surface area contributed by atoms with Crippen LogP contribution in [0.4, 0.5) is 0 Å². The Morgan fingerprint density at radius 2 is 1.00 bits per heavy atom. The van der Waals surface area contributed by atoms with E-state index in [1.54, 1.807) is 0 Å². The van der Waals surface area contributed by atoms with Crippen LogP contribution in [0.3, 0.4) is 0 Å². The van der Waals surface area contributed by atoms with E-state index < -0.39 is 14.7 Å². The molecule has 0 amide bonds. The molecule has 2 N–H and O–H groups in total. The van der Waals surface area contributed by atoms with Crippen LogP contribution in [0.5, 0.6) is 0 Å². The quantitative estimate of drug-likeness (QED) is 0.305. The summed E-state index contributed by atoms with van der Waals surface area (Å²) in [6, 6.07) is 0. The normalized spacial score (nSPS) is 2.00. The summed E-state index contributed by atoms with van der Waals surface area (Å²) in [5.74, 6) is 0. The molecule has 0 radical (unpaired) electrons. The molecule has 40 valence electrons. The van der Waals surface area contributed by atoms with Crippen molar-refractivity contribution in [2.45, 2.75) is 0 Å². The molecule has 0 aliphatic heterocycles. The van der Waals surface area contributed by atoms with E-state index in [1.165, 1.54) is 0 Å². The number of hydrogen-bond acceptors (Lipinski definition) is 4. The van der Waals surface area contributed by atoms with Gasteiger partial charge in [0.25, 0.3) is 0 Å². The average molecular weight is 128 g/mol. The standard InChI is InChI=1S/2BO2.Mg.H2O/c2*2-1-3;;/h;;;1H2/q2*-1;+2;. The van der Waals surface area contributed by atoms with E-state index in [0.29, 0.717) is 0 Å². The van der Waals surface area contributed by atoms with Crippen LogP contribution < -0.4 is 10.0 Å². The van der Waals surface area contributed by atoms with Gasteiger partial charge in [-0.15, -0.1) is 0 Å². The second-order valence-corrected chi connectivity index (χ2v) is 0.192. The molecule has 0 aliphatic rings. The van der Waals surface area contributed by atoms with Crippen LogP contribution in [-0.4, -0.2) is 43.2 Å². The van der Waals surface area contributed by atoms with Crippen LogP contribution in [0.25, 0.3) is 0 Å². The fraction of sp³-hybridized carbons (Fsp3) is 0. The van der Waals surface area contributed by atoms with Crippen molar-refractivity contribution < 1.29 is 24.9 Å². The summed E-state index contributed by atoms with van der Waals surface area (Å²) in [5.41, 5.74) is 0. The van der Waals surface area contributed by atoms with Crippen LogP contribution in [0.15, 0.2) is 0 Å². The molecule has 0 spiro atoms. The van der Waals surface area contributed by atoms with Crippen molar-refractivity contribution in [3.63, 3.8) is 0 Å². The Morgan fingerprint density at radius 3 is 1.00 bits per heavy atom. The molecule has 0 aromatic rings. The zero-order valence-electron chi connectivity index (χ0n) is 3.99. The van der Waals surface area contributed by atoms with Gasteiger partial charge in [-0.05, 0) is 0 Å². The molecular formula is H2B2MgO5. The van der Waals surface area contributed by atoms with Gasteiger partial charge < -0.3 is 5.48 Å². The summed E-state index contributed by atoms with van der Waals surface area (Å²) < 4.78 is 16.5. The van der Waals surface area contributed by atoms with Gasteiger partial charge in [0.05, 0.1) is 0 Å². The van der Waals surface area contributed by atoms with Crippen molar-refractivity contribution in [2.24, 2.45) is 0 Å². The smallest absolute Gasteiger partial charge is 2.00 e. The third-order valence-electron chi connectivity index (χ3n) is 0. The summed E-state index contributed by atoms with van der Waals surface area (Å²) >= 11 is 0. The van der Waals surface area contributed by atoms with Crippen molar-refractivity contribution in [2.75, 3.05) is 0 Å². The van der Waals surface area contributed by atoms with E-state index in [4.69, 9.17) is 19.5 Å².